The molecule has 1 aliphatic rings. The van der Waals surface area contributed by atoms with Crippen LogP contribution in [0.5, 0.6) is 0 Å². The molecule has 18 heavy (non-hydrogen) atoms. The van der Waals surface area contributed by atoms with Crippen molar-refractivity contribution in [3.8, 4) is 0 Å². The maximum atomic E-state index is 11.9. The molecule has 4 heteroatoms. The molecule has 2 N–H and O–H groups in total. The van der Waals surface area contributed by atoms with E-state index in [2.05, 4.69) is 34.9 Å². The number of thiophene rings is 1. The number of carbonyl (C=O) groups is 1. The van der Waals surface area contributed by atoms with Crippen LogP contribution in [0.4, 0.5) is 0 Å². The number of hydrogen-bond acceptors (Lipinski definition) is 3. The van der Waals surface area contributed by atoms with E-state index in [9.17, 15) is 4.79 Å². The van der Waals surface area contributed by atoms with Gasteiger partial charge in [0.05, 0.1) is 6.04 Å². The van der Waals surface area contributed by atoms with E-state index in [4.69, 9.17) is 0 Å². The third-order valence-electron chi connectivity index (χ3n) is 3.37. The normalized spacial score (nSPS) is 18.6. The number of hydrogen-bond donors (Lipinski definition) is 2. The Morgan fingerprint density at radius 2 is 2.33 bits per heavy atom. The quantitative estimate of drug-likeness (QED) is 0.867. The summed E-state index contributed by atoms with van der Waals surface area (Å²) in [6.07, 6.45) is 0.797. The van der Waals surface area contributed by atoms with Crippen LogP contribution in [-0.4, -0.2) is 18.5 Å². The zero-order chi connectivity index (χ0) is 12.5. The summed E-state index contributed by atoms with van der Waals surface area (Å²) in [4.78, 5) is 13.3. The van der Waals surface area contributed by atoms with Gasteiger partial charge < -0.3 is 10.6 Å². The summed E-state index contributed by atoms with van der Waals surface area (Å²) in [7, 11) is 0. The third-order valence-corrected chi connectivity index (χ3v) is 4.58. The Kier molecular flexibility index (Phi) is 3.06. The van der Waals surface area contributed by atoms with E-state index in [1.165, 1.54) is 20.5 Å². The van der Waals surface area contributed by atoms with Crippen LogP contribution in [0.3, 0.4) is 0 Å². The van der Waals surface area contributed by atoms with Gasteiger partial charge >= 0.3 is 0 Å². The molecule has 1 atom stereocenters. The van der Waals surface area contributed by atoms with Crippen molar-refractivity contribution in [3.05, 3.63) is 34.7 Å². The smallest absolute Gasteiger partial charge is 0.237 e. The van der Waals surface area contributed by atoms with Crippen molar-refractivity contribution in [2.45, 2.75) is 25.9 Å². The average molecular weight is 260 g/mol. The Hall–Kier alpha value is -1.39. The van der Waals surface area contributed by atoms with Crippen LogP contribution in [0.25, 0.3) is 10.1 Å². The van der Waals surface area contributed by atoms with Gasteiger partial charge in [-0.1, -0.05) is 18.2 Å². The van der Waals surface area contributed by atoms with Gasteiger partial charge in [-0.15, -0.1) is 11.3 Å². The number of amides is 1. The molecule has 1 aromatic carbocycles. The van der Waals surface area contributed by atoms with Crippen molar-refractivity contribution in [1.29, 1.82) is 0 Å². The largest absolute Gasteiger partial charge is 0.355 e. The van der Waals surface area contributed by atoms with E-state index in [-0.39, 0.29) is 11.9 Å². The third kappa shape index (κ3) is 1.91. The number of fused-ring (bicyclic) bond motifs is 3. The first-order valence-electron chi connectivity index (χ1n) is 6.30. The molecule has 0 saturated carbocycles. The van der Waals surface area contributed by atoms with Gasteiger partial charge in [-0.3, -0.25) is 4.79 Å². The maximum absolute atomic E-state index is 11.9. The minimum Gasteiger partial charge on any atom is -0.355 e. The molecular formula is C14H16N2OS. The van der Waals surface area contributed by atoms with Crippen LogP contribution >= 0.6 is 11.3 Å². The first kappa shape index (κ1) is 11.7. The molecule has 3 nitrogen and oxygen atoms in total. The molecule has 94 valence electrons. The Morgan fingerprint density at radius 1 is 1.50 bits per heavy atom. The number of rotatable bonds is 2. The molecule has 0 saturated heterocycles. The molecule has 2 aromatic rings. The number of nitrogens with one attached hydrogen (secondary N) is 2. The van der Waals surface area contributed by atoms with Gasteiger partial charge in [-0.25, -0.2) is 0 Å². The minimum atomic E-state index is -0.0875. The van der Waals surface area contributed by atoms with Gasteiger partial charge in [0.15, 0.2) is 0 Å². The van der Waals surface area contributed by atoms with Gasteiger partial charge in [-0.05, 0) is 30.4 Å². The Bertz CT molecular complexity index is 590. The predicted molar refractivity (Wildman–Crippen MR) is 74.8 cm³/mol. The van der Waals surface area contributed by atoms with Crippen molar-refractivity contribution < 1.29 is 4.79 Å². The first-order valence-corrected chi connectivity index (χ1v) is 7.11. The van der Waals surface area contributed by atoms with Crippen LogP contribution in [0, 0.1) is 0 Å². The number of likely N-dealkylation sites (N-methyl/N-ethyl adjacent to an activating group) is 1. The van der Waals surface area contributed by atoms with Gasteiger partial charge in [0, 0.05) is 22.7 Å². The molecule has 0 aliphatic carbocycles. The van der Waals surface area contributed by atoms with E-state index in [1.807, 2.05) is 18.3 Å². The molecule has 1 aliphatic heterocycles. The SMILES string of the molecule is CCNC(=O)C1Cc2c(sc3ccccc23)CN1. The second-order valence-corrected chi connectivity index (χ2v) is 5.67. The topological polar surface area (TPSA) is 41.1 Å². The second kappa shape index (κ2) is 4.71. The molecular weight excluding hydrogens is 244 g/mol. The van der Waals surface area contributed by atoms with Gasteiger partial charge in [0.2, 0.25) is 5.91 Å². The zero-order valence-electron chi connectivity index (χ0n) is 10.3. The molecule has 0 bridgehead atoms. The molecule has 2 heterocycles. The molecule has 0 radical (unpaired) electrons. The van der Waals surface area contributed by atoms with E-state index < -0.39 is 0 Å². The standard InChI is InChI=1S/C14H16N2OS/c1-2-15-14(17)11-7-10-9-5-3-4-6-12(9)18-13(10)8-16-11/h3-6,11,16H,2,7-8H2,1H3,(H,15,17). The lowest BCUT2D eigenvalue weighted by atomic mass is 9.98. The average Bonchev–Trinajstić information content (AvgIpc) is 2.76. The summed E-state index contributed by atoms with van der Waals surface area (Å²) in [6, 6.07) is 8.36. The van der Waals surface area contributed by atoms with Crippen LogP contribution in [0.2, 0.25) is 0 Å². The first-order chi connectivity index (χ1) is 8.79. The fourth-order valence-corrected chi connectivity index (χ4v) is 3.68. The Morgan fingerprint density at radius 3 is 3.17 bits per heavy atom. The van der Waals surface area contributed by atoms with Crippen molar-refractivity contribution in [1.82, 2.24) is 10.6 Å². The van der Waals surface area contributed by atoms with Crippen LogP contribution in [-0.2, 0) is 17.8 Å². The molecule has 3 rings (SSSR count). The van der Waals surface area contributed by atoms with E-state index in [0.29, 0.717) is 6.54 Å². The monoisotopic (exact) mass is 260 g/mol. The summed E-state index contributed by atoms with van der Waals surface area (Å²) in [5.74, 6) is 0.110. The van der Waals surface area contributed by atoms with Crippen LogP contribution in [0.1, 0.15) is 17.4 Å². The molecule has 0 fully saturated rings. The lowest BCUT2D eigenvalue weighted by Crippen LogP contribution is -2.47. The fourth-order valence-electron chi connectivity index (χ4n) is 2.49. The van der Waals surface area contributed by atoms with Crippen LogP contribution < -0.4 is 10.6 Å². The summed E-state index contributed by atoms with van der Waals surface area (Å²) in [5, 5.41) is 7.52. The highest BCUT2D eigenvalue weighted by atomic mass is 32.1. The second-order valence-electron chi connectivity index (χ2n) is 4.53. The molecule has 1 amide bonds. The summed E-state index contributed by atoms with van der Waals surface area (Å²) < 4.78 is 1.32. The molecule has 0 spiro atoms. The lowest BCUT2D eigenvalue weighted by molar-refractivity contribution is -0.123. The minimum absolute atomic E-state index is 0.0875. The van der Waals surface area contributed by atoms with Gasteiger partial charge in [0.25, 0.3) is 0 Å². The van der Waals surface area contributed by atoms with E-state index in [0.717, 1.165) is 13.0 Å². The van der Waals surface area contributed by atoms with Crippen molar-refractivity contribution in [2.75, 3.05) is 6.54 Å². The van der Waals surface area contributed by atoms with Crippen molar-refractivity contribution in [3.63, 3.8) is 0 Å². The van der Waals surface area contributed by atoms with Gasteiger partial charge in [-0.2, -0.15) is 0 Å². The van der Waals surface area contributed by atoms with Crippen LogP contribution in [0.15, 0.2) is 24.3 Å². The van der Waals surface area contributed by atoms with E-state index >= 15 is 0 Å². The number of benzene rings is 1. The lowest BCUT2D eigenvalue weighted by Gasteiger charge is -2.23. The summed E-state index contributed by atoms with van der Waals surface area (Å²) >= 11 is 1.83. The van der Waals surface area contributed by atoms with Crippen molar-refractivity contribution >= 4 is 27.3 Å². The zero-order valence-corrected chi connectivity index (χ0v) is 11.1. The van der Waals surface area contributed by atoms with Crippen molar-refractivity contribution in [2.24, 2.45) is 0 Å². The highest BCUT2D eigenvalue weighted by Gasteiger charge is 2.26. The number of carbonyl (C=O) groups excluding carboxylic acids is 1. The molecule has 1 unspecified atom stereocenters. The summed E-state index contributed by atoms with van der Waals surface area (Å²) in [5.41, 5.74) is 1.35. The highest BCUT2D eigenvalue weighted by Crippen LogP contribution is 2.34. The molecule has 1 aromatic heterocycles. The summed E-state index contributed by atoms with van der Waals surface area (Å²) in [6.45, 7) is 3.44. The fraction of sp³-hybridized carbons (Fsp3) is 0.357. The Labute approximate surface area is 110 Å². The highest BCUT2D eigenvalue weighted by molar-refractivity contribution is 7.19. The maximum Gasteiger partial charge on any atom is 0.237 e. The van der Waals surface area contributed by atoms with Gasteiger partial charge in [0.1, 0.15) is 0 Å². The Balaban J connectivity index is 1.94. The predicted octanol–water partition coefficient (Wildman–Crippen LogP) is 2.05. The van der Waals surface area contributed by atoms with E-state index in [1.54, 1.807) is 0 Å².